The number of hydrogen-bond donors (Lipinski definition) is 0. The zero-order valence-corrected chi connectivity index (χ0v) is 23.0. The highest BCUT2D eigenvalue weighted by Crippen LogP contribution is 2.43. The Balaban J connectivity index is 2.55. The molecule has 0 aliphatic carbocycles. The Morgan fingerprint density at radius 3 is 1.97 bits per heavy atom. The Kier molecular flexibility index (Phi) is 8.55. The molecule has 0 spiro atoms. The number of esters is 1. The van der Waals surface area contributed by atoms with Gasteiger partial charge in [-0.3, -0.25) is 4.79 Å². The average Bonchev–Trinajstić information content (AvgIpc) is 2.89. The molecule has 3 rings (SSSR count). The van der Waals surface area contributed by atoms with Gasteiger partial charge in [0.25, 0.3) is 5.56 Å². The van der Waals surface area contributed by atoms with Gasteiger partial charge in [-0.1, -0.05) is 25.1 Å². The predicted octanol–water partition coefficient (Wildman–Crippen LogP) is 4.76. The molecule has 10 heteroatoms. The Bertz CT molecular complexity index is 1380. The van der Waals surface area contributed by atoms with Crippen molar-refractivity contribution in [3.05, 3.63) is 52.4 Å². The molecule has 0 aliphatic rings. The van der Waals surface area contributed by atoms with Crippen LogP contribution >= 0.6 is 0 Å². The van der Waals surface area contributed by atoms with Gasteiger partial charge in [0.2, 0.25) is 5.75 Å². The van der Waals surface area contributed by atoms with E-state index in [1.807, 2.05) is 6.92 Å². The van der Waals surface area contributed by atoms with E-state index >= 15 is 0 Å². The number of carbonyl (C=O) groups excluding carboxylic acids is 2. The van der Waals surface area contributed by atoms with Crippen molar-refractivity contribution in [3.63, 3.8) is 0 Å². The Labute approximate surface area is 221 Å². The van der Waals surface area contributed by atoms with E-state index in [2.05, 4.69) is 0 Å². The monoisotopic (exact) mass is 526 g/mol. The molecule has 204 valence electrons. The molecule has 2 aromatic carbocycles. The smallest absolute Gasteiger partial charge is 0.429 e. The molecular weight excluding hydrogens is 492 g/mol. The molecule has 0 radical (unpaired) electrons. The summed E-state index contributed by atoms with van der Waals surface area (Å²) in [5, 5.41) is 1.89. The first kappa shape index (κ1) is 28.4. The minimum Gasteiger partial charge on any atom is -0.493 e. The van der Waals surface area contributed by atoms with Crippen LogP contribution in [0.4, 0.5) is 4.79 Å². The number of methoxy groups -OCH3 is 4. The zero-order valence-electron chi connectivity index (χ0n) is 23.0. The summed E-state index contributed by atoms with van der Waals surface area (Å²) in [6.07, 6.45) is -0.295. The summed E-state index contributed by atoms with van der Waals surface area (Å²) in [5.74, 6) is 0.229. The van der Waals surface area contributed by atoms with Crippen molar-refractivity contribution in [1.29, 1.82) is 0 Å². The number of amides is 1. The van der Waals surface area contributed by atoms with E-state index in [4.69, 9.17) is 23.7 Å². The summed E-state index contributed by atoms with van der Waals surface area (Å²) in [5.41, 5.74) is -0.739. The zero-order chi connectivity index (χ0) is 28.2. The lowest BCUT2D eigenvalue weighted by atomic mass is 9.96. The molecule has 1 amide bonds. The Hall–Kier alpha value is -4.21. The van der Waals surface area contributed by atoms with Crippen LogP contribution in [0.25, 0.3) is 21.9 Å². The Morgan fingerprint density at radius 2 is 1.50 bits per heavy atom. The summed E-state index contributed by atoms with van der Waals surface area (Å²) in [6.45, 7) is 7.12. The van der Waals surface area contributed by atoms with Crippen LogP contribution in [-0.4, -0.2) is 57.3 Å². The number of ether oxygens (including phenoxy) is 5. The maximum atomic E-state index is 13.9. The van der Waals surface area contributed by atoms with Crippen LogP contribution in [0.3, 0.4) is 0 Å². The van der Waals surface area contributed by atoms with E-state index in [1.54, 1.807) is 57.2 Å². The van der Waals surface area contributed by atoms with Crippen molar-refractivity contribution >= 4 is 22.8 Å². The van der Waals surface area contributed by atoms with Gasteiger partial charge in [-0.15, -0.1) is 0 Å². The highest BCUT2D eigenvalue weighted by atomic mass is 16.6. The van der Waals surface area contributed by atoms with Crippen LogP contribution in [0, 0.1) is 0 Å². The second-order valence-electron chi connectivity index (χ2n) is 9.40. The van der Waals surface area contributed by atoms with Gasteiger partial charge in [0, 0.05) is 17.5 Å². The molecule has 0 saturated heterocycles. The molecule has 3 aromatic rings. The lowest BCUT2D eigenvalue weighted by molar-refractivity contribution is 0.0522. The first-order chi connectivity index (χ1) is 18.0. The van der Waals surface area contributed by atoms with Gasteiger partial charge in [0.15, 0.2) is 17.2 Å². The van der Waals surface area contributed by atoms with Crippen LogP contribution in [-0.2, 0) is 9.47 Å². The number of fused-ring (bicyclic) bond motifs is 1. The lowest BCUT2D eigenvalue weighted by Gasteiger charge is -2.30. The van der Waals surface area contributed by atoms with E-state index in [1.165, 1.54) is 28.4 Å². The van der Waals surface area contributed by atoms with Crippen molar-refractivity contribution < 1.29 is 33.3 Å². The summed E-state index contributed by atoms with van der Waals surface area (Å²) < 4.78 is 28.3. The third-order valence-electron chi connectivity index (χ3n) is 5.68. The SMILES string of the molecule is CCCN(C(=O)OC(C)(C)C)n1c(C(=O)OC)c(-c2cc(OC)c(OC)c(OC)c2)c2ccccc2c1=O. The van der Waals surface area contributed by atoms with Gasteiger partial charge in [0.1, 0.15) is 5.60 Å². The van der Waals surface area contributed by atoms with Crippen molar-refractivity contribution in [3.8, 4) is 28.4 Å². The van der Waals surface area contributed by atoms with Crippen LogP contribution in [0.1, 0.15) is 44.6 Å². The number of benzene rings is 2. The first-order valence-corrected chi connectivity index (χ1v) is 12.1. The third kappa shape index (κ3) is 5.39. The highest BCUT2D eigenvalue weighted by molar-refractivity contribution is 6.07. The molecule has 38 heavy (non-hydrogen) atoms. The average molecular weight is 527 g/mol. The topological polar surface area (TPSA) is 106 Å². The Morgan fingerprint density at radius 1 is 0.921 bits per heavy atom. The fraction of sp³-hybridized carbons (Fsp3) is 0.393. The van der Waals surface area contributed by atoms with Crippen molar-refractivity contribution in [2.24, 2.45) is 0 Å². The first-order valence-electron chi connectivity index (χ1n) is 12.1. The van der Waals surface area contributed by atoms with Gasteiger partial charge in [-0.05, 0) is 56.3 Å². The largest absolute Gasteiger partial charge is 0.493 e. The van der Waals surface area contributed by atoms with E-state index in [-0.39, 0.29) is 17.6 Å². The molecule has 0 unspecified atom stereocenters. The summed E-state index contributed by atoms with van der Waals surface area (Å²) >= 11 is 0. The summed E-state index contributed by atoms with van der Waals surface area (Å²) in [7, 11) is 5.65. The molecule has 0 N–H and O–H groups in total. The maximum absolute atomic E-state index is 13.9. The highest BCUT2D eigenvalue weighted by Gasteiger charge is 2.32. The summed E-state index contributed by atoms with van der Waals surface area (Å²) in [4.78, 5) is 40.7. The van der Waals surface area contributed by atoms with Gasteiger partial charge in [-0.2, -0.15) is 0 Å². The van der Waals surface area contributed by atoms with Crippen LogP contribution in [0.5, 0.6) is 17.2 Å². The fourth-order valence-corrected chi connectivity index (χ4v) is 4.17. The number of hydrogen-bond acceptors (Lipinski definition) is 8. The van der Waals surface area contributed by atoms with Crippen molar-refractivity contribution in [1.82, 2.24) is 4.68 Å². The standard InChI is InChI=1S/C28H34N2O8/c1-9-14-29(27(33)38-28(2,3)4)30-23(26(32)37-8)22(18-12-10-11-13-19(18)25(30)31)17-15-20(34-5)24(36-7)21(16-17)35-6/h10-13,15-16H,9,14H2,1-8H3. The minimum absolute atomic E-state index is 0.103. The number of carbonyl (C=O) groups is 2. The quantitative estimate of drug-likeness (QED) is 0.387. The number of nitrogens with zero attached hydrogens (tertiary/aromatic N) is 2. The number of aromatic nitrogens is 1. The normalized spacial score (nSPS) is 11.2. The molecular formula is C28H34N2O8. The van der Waals surface area contributed by atoms with E-state index in [0.29, 0.717) is 40.2 Å². The third-order valence-corrected chi connectivity index (χ3v) is 5.68. The van der Waals surface area contributed by atoms with Gasteiger partial charge in [-0.25, -0.2) is 19.3 Å². The predicted molar refractivity (Wildman–Crippen MR) is 144 cm³/mol. The molecule has 0 aliphatic heterocycles. The van der Waals surface area contributed by atoms with E-state index in [0.717, 1.165) is 9.69 Å². The van der Waals surface area contributed by atoms with Crippen molar-refractivity contribution in [2.75, 3.05) is 40.0 Å². The van der Waals surface area contributed by atoms with Crippen LogP contribution in [0.15, 0.2) is 41.2 Å². The summed E-state index contributed by atoms with van der Waals surface area (Å²) in [6, 6.07) is 10.2. The molecule has 0 bridgehead atoms. The second-order valence-corrected chi connectivity index (χ2v) is 9.40. The van der Waals surface area contributed by atoms with Gasteiger partial charge < -0.3 is 23.7 Å². The number of pyridine rings is 1. The molecule has 0 fully saturated rings. The van der Waals surface area contributed by atoms with E-state index < -0.39 is 23.2 Å². The molecule has 1 heterocycles. The molecule has 0 saturated carbocycles. The van der Waals surface area contributed by atoms with Gasteiger partial charge >= 0.3 is 12.1 Å². The second kappa shape index (κ2) is 11.5. The maximum Gasteiger partial charge on any atom is 0.429 e. The van der Waals surface area contributed by atoms with Crippen LogP contribution in [0.2, 0.25) is 0 Å². The van der Waals surface area contributed by atoms with Crippen LogP contribution < -0.4 is 24.8 Å². The number of rotatable bonds is 8. The van der Waals surface area contributed by atoms with Crippen molar-refractivity contribution in [2.45, 2.75) is 39.7 Å². The minimum atomic E-state index is -0.839. The molecule has 1 aromatic heterocycles. The molecule has 0 atom stereocenters. The molecule has 10 nitrogen and oxygen atoms in total. The van der Waals surface area contributed by atoms with Gasteiger partial charge in [0.05, 0.1) is 28.4 Å². The lowest BCUT2D eigenvalue weighted by Crippen LogP contribution is -2.51. The fourth-order valence-electron chi connectivity index (χ4n) is 4.17. The van der Waals surface area contributed by atoms with E-state index in [9.17, 15) is 14.4 Å².